The number of carbonyl (C=O) groups is 1. The molecule has 0 saturated carbocycles. The minimum atomic E-state index is -0.862. The smallest absolute Gasteiger partial charge is 0.307 e. The molecule has 0 amide bonds. The number of hydrogen-bond donors (Lipinski definition) is 1. The number of halogens is 2. The van der Waals surface area contributed by atoms with Gasteiger partial charge in [0.15, 0.2) is 11.6 Å². The zero-order valence-corrected chi connectivity index (χ0v) is 9.90. The lowest BCUT2D eigenvalue weighted by molar-refractivity contribution is -0.143. The van der Waals surface area contributed by atoms with Crippen LogP contribution in [0.1, 0.15) is 18.4 Å². The number of carboxylic acid groups (broad SMARTS) is 1. The van der Waals surface area contributed by atoms with Crippen molar-refractivity contribution in [1.82, 2.24) is 4.90 Å². The molecule has 0 bridgehead atoms. The van der Waals surface area contributed by atoms with E-state index in [0.29, 0.717) is 25.1 Å². The summed E-state index contributed by atoms with van der Waals surface area (Å²) in [5.41, 5.74) is 0.667. The first kappa shape index (κ1) is 13.0. The Balaban J connectivity index is 2.00. The van der Waals surface area contributed by atoms with E-state index in [1.165, 1.54) is 12.1 Å². The molecule has 1 N–H and O–H groups in total. The first-order valence-electron chi connectivity index (χ1n) is 5.95. The Hall–Kier alpha value is -1.49. The average molecular weight is 255 g/mol. The van der Waals surface area contributed by atoms with E-state index in [2.05, 4.69) is 0 Å². The van der Waals surface area contributed by atoms with Gasteiger partial charge in [0.1, 0.15) is 0 Å². The van der Waals surface area contributed by atoms with Crippen LogP contribution in [-0.4, -0.2) is 29.1 Å². The van der Waals surface area contributed by atoms with E-state index in [4.69, 9.17) is 5.11 Å². The molecule has 0 spiro atoms. The van der Waals surface area contributed by atoms with Gasteiger partial charge in [-0.1, -0.05) is 6.07 Å². The van der Waals surface area contributed by atoms with Crippen LogP contribution in [0.5, 0.6) is 0 Å². The molecule has 0 radical (unpaired) electrons. The lowest BCUT2D eigenvalue weighted by Crippen LogP contribution is -2.38. The van der Waals surface area contributed by atoms with Gasteiger partial charge in [-0.25, -0.2) is 8.78 Å². The lowest BCUT2D eigenvalue weighted by Gasteiger charge is -2.30. The first-order valence-corrected chi connectivity index (χ1v) is 5.95. The summed E-state index contributed by atoms with van der Waals surface area (Å²) in [4.78, 5) is 12.9. The molecule has 1 fully saturated rings. The summed E-state index contributed by atoms with van der Waals surface area (Å²) in [6.07, 6.45) is 1.50. The molecule has 1 atom stereocenters. The lowest BCUT2D eigenvalue weighted by atomic mass is 9.98. The van der Waals surface area contributed by atoms with Crippen molar-refractivity contribution in [2.45, 2.75) is 19.4 Å². The largest absolute Gasteiger partial charge is 0.481 e. The van der Waals surface area contributed by atoms with Crippen molar-refractivity contribution in [2.24, 2.45) is 5.92 Å². The molecule has 1 saturated heterocycles. The van der Waals surface area contributed by atoms with Crippen molar-refractivity contribution in [3.05, 3.63) is 35.4 Å². The zero-order valence-electron chi connectivity index (χ0n) is 9.90. The minimum absolute atomic E-state index is 0.357. The molecule has 98 valence electrons. The summed E-state index contributed by atoms with van der Waals surface area (Å²) < 4.78 is 25.8. The molecule has 1 aromatic rings. The molecular weight excluding hydrogens is 240 g/mol. The summed E-state index contributed by atoms with van der Waals surface area (Å²) in [5, 5.41) is 8.97. The maximum atomic E-state index is 13.1. The number of carboxylic acids is 1. The Morgan fingerprint density at radius 1 is 1.39 bits per heavy atom. The van der Waals surface area contributed by atoms with Crippen LogP contribution in [0.25, 0.3) is 0 Å². The van der Waals surface area contributed by atoms with E-state index in [-0.39, 0.29) is 5.92 Å². The SMILES string of the molecule is O=C(O)[C@H]1CCCN(Cc2ccc(F)c(F)c2)C1. The molecule has 1 aromatic carbocycles. The second-order valence-electron chi connectivity index (χ2n) is 4.66. The Labute approximate surface area is 104 Å². The minimum Gasteiger partial charge on any atom is -0.481 e. The fraction of sp³-hybridized carbons (Fsp3) is 0.462. The second kappa shape index (κ2) is 5.44. The summed E-state index contributed by atoms with van der Waals surface area (Å²) in [6.45, 7) is 1.72. The molecule has 0 unspecified atom stereocenters. The summed E-state index contributed by atoms with van der Waals surface area (Å²) in [7, 11) is 0. The monoisotopic (exact) mass is 255 g/mol. The van der Waals surface area contributed by atoms with E-state index >= 15 is 0 Å². The van der Waals surface area contributed by atoms with Crippen LogP contribution < -0.4 is 0 Å². The van der Waals surface area contributed by atoms with Crippen LogP contribution >= 0.6 is 0 Å². The number of benzene rings is 1. The van der Waals surface area contributed by atoms with Crippen molar-refractivity contribution in [2.75, 3.05) is 13.1 Å². The fourth-order valence-electron chi connectivity index (χ4n) is 2.30. The Bertz CT molecular complexity index is 451. The average Bonchev–Trinajstić information content (AvgIpc) is 2.34. The third-order valence-electron chi connectivity index (χ3n) is 3.24. The molecule has 2 rings (SSSR count). The van der Waals surface area contributed by atoms with Crippen LogP contribution in [0, 0.1) is 17.6 Å². The quantitative estimate of drug-likeness (QED) is 0.900. The van der Waals surface area contributed by atoms with Crippen molar-refractivity contribution < 1.29 is 18.7 Å². The molecule has 1 aliphatic rings. The highest BCUT2D eigenvalue weighted by molar-refractivity contribution is 5.70. The maximum absolute atomic E-state index is 13.1. The molecule has 0 aliphatic carbocycles. The maximum Gasteiger partial charge on any atom is 0.307 e. The van der Waals surface area contributed by atoms with Gasteiger partial charge in [-0.15, -0.1) is 0 Å². The van der Waals surface area contributed by atoms with Crippen LogP contribution in [0.2, 0.25) is 0 Å². The Kier molecular flexibility index (Phi) is 3.91. The van der Waals surface area contributed by atoms with Gasteiger partial charge in [-0.3, -0.25) is 9.69 Å². The van der Waals surface area contributed by atoms with Gasteiger partial charge in [-0.2, -0.15) is 0 Å². The number of rotatable bonds is 3. The molecule has 5 heteroatoms. The highest BCUT2D eigenvalue weighted by Gasteiger charge is 2.25. The van der Waals surface area contributed by atoms with E-state index in [1.54, 1.807) is 0 Å². The number of likely N-dealkylation sites (tertiary alicyclic amines) is 1. The molecule has 3 nitrogen and oxygen atoms in total. The van der Waals surface area contributed by atoms with Crippen LogP contribution in [0.3, 0.4) is 0 Å². The van der Waals surface area contributed by atoms with E-state index in [9.17, 15) is 13.6 Å². The predicted octanol–water partition coefficient (Wildman–Crippen LogP) is 2.26. The number of piperidine rings is 1. The summed E-state index contributed by atoms with van der Waals surface area (Å²) >= 11 is 0. The normalized spacial score (nSPS) is 20.9. The third kappa shape index (κ3) is 3.04. The van der Waals surface area contributed by atoms with Crippen LogP contribution in [-0.2, 0) is 11.3 Å². The predicted molar refractivity (Wildman–Crippen MR) is 62.0 cm³/mol. The van der Waals surface area contributed by atoms with Gasteiger partial charge in [0, 0.05) is 13.1 Å². The highest BCUT2D eigenvalue weighted by Crippen LogP contribution is 2.19. The highest BCUT2D eigenvalue weighted by atomic mass is 19.2. The van der Waals surface area contributed by atoms with E-state index < -0.39 is 17.6 Å². The van der Waals surface area contributed by atoms with Gasteiger partial charge in [0.25, 0.3) is 0 Å². The Morgan fingerprint density at radius 2 is 2.17 bits per heavy atom. The zero-order chi connectivity index (χ0) is 13.1. The van der Waals surface area contributed by atoms with Crippen LogP contribution in [0.15, 0.2) is 18.2 Å². The fourth-order valence-corrected chi connectivity index (χ4v) is 2.30. The standard InChI is InChI=1S/C13H15F2NO2/c14-11-4-3-9(6-12(11)15)7-16-5-1-2-10(8-16)13(17)18/h3-4,6,10H,1-2,5,7-8H2,(H,17,18)/t10-/m0/s1. The molecule has 1 heterocycles. The summed E-state index contributed by atoms with van der Waals surface area (Å²) in [6, 6.07) is 3.80. The number of hydrogen-bond acceptors (Lipinski definition) is 2. The Morgan fingerprint density at radius 3 is 2.83 bits per heavy atom. The van der Waals surface area contributed by atoms with Crippen molar-refractivity contribution in [3.8, 4) is 0 Å². The van der Waals surface area contributed by atoms with Gasteiger partial charge >= 0.3 is 5.97 Å². The van der Waals surface area contributed by atoms with E-state index in [1.807, 2.05) is 4.90 Å². The van der Waals surface area contributed by atoms with Gasteiger partial charge in [-0.05, 0) is 37.1 Å². The van der Waals surface area contributed by atoms with Crippen molar-refractivity contribution >= 4 is 5.97 Å². The molecule has 18 heavy (non-hydrogen) atoms. The third-order valence-corrected chi connectivity index (χ3v) is 3.24. The van der Waals surface area contributed by atoms with Gasteiger partial charge in [0.2, 0.25) is 0 Å². The molecular formula is C13H15F2NO2. The van der Waals surface area contributed by atoms with Crippen molar-refractivity contribution in [3.63, 3.8) is 0 Å². The van der Waals surface area contributed by atoms with Crippen LogP contribution in [0.4, 0.5) is 8.78 Å². The number of nitrogens with zero attached hydrogens (tertiary/aromatic N) is 1. The first-order chi connectivity index (χ1) is 8.56. The summed E-state index contributed by atoms with van der Waals surface area (Å²) in [5.74, 6) is -2.87. The van der Waals surface area contributed by atoms with Crippen molar-refractivity contribution in [1.29, 1.82) is 0 Å². The van der Waals surface area contributed by atoms with Gasteiger partial charge in [0.05, 0.1) is 5.92 Å². The molecule has 1 aliphatic heterocycles. The van der Waals surface area contributed by atoms with Gasteiger partial charge < -0.3 is 5.11 Å². The topological polar surface area (TPSA) is 40.5 Å². The second-order valence-corrected chi connectivity index (χ2v) is 4.66. The van der Waals surface area contributed by atoms with E-state index in [0.717, 1.165) is 19.0 Å². The molecule has 0 aromatic heterocycles. The number of aliphatic carboxylic acids is 1.